The van der Waals surface area contributed by atoms with Gasteiger partial charge in [-0.3, -0.25) is 4.79 Å². The van der Waals surface area contributed by atoms with E-state index in [0.717, 1.165) is 35.0 Å². The molecule has 5 heteroatoms. The van der Waals surface area contributed by atoms with Gasteiger partial charge in [-0.1, -0.05) is 0 Å². The number of benzene rings is 1. The van der Waals surface area contributed by atoms with E-state index in [1.165, 1.54) is 13.2 Å². The van der Waals surface area contributed by atoms with Crippen LogP contribution in [-0.4, -0.2) is 18.1 Å². The number of methoxy groups -OCH3 is 1. The van der Waals surface area contributed by atoms with E-state index in [4.69, 9.17) is 4.74 Å². The van der Waals surface area contributed by atoms with E-state index in [2.05, 4.69) is 20.9 Å². The van der Waals surface area contributed by atoms with Crippen molar-refractivity contribution < 1.29 is 13.9 Å². The Morgan fingerprint density at radius 1 is 1.58 bits per heavy atom. The number of carbonyl (C=O) groups is 1. The number of ether oxygens (including phenoxy) is 1. The van der Waals surface area contributed by atoms with Gasteiger partial charge in [0.15, 0.2) is 0 Å². The third-order valence-electron chi connectivity index (χ3n) is 3.76. The number of carbonyl (C=O) groups excluding carboxylic acids is 1. The zero-order valence-corrected chi connectivity index (χ0v) is 12.0. The fraction of sp³-hybridized carbons (Fsp3) is 0.357. The average Bonchev–Trinajstić information content (AvgIpc) is 2.90. The smallest absolute Gasteiger partial charge is 0.306 e. The van der Waals surface area contributed by atoms with Gasteiger partial charge < -0.3 is 9.72 Å². The number of nitrogens with one attached hydrogen (secondary N) is 1. The molecule has 0 saturated heterocycles. The molecule has 1 N–H and O–H groups in total. The predicted molar refractivity (Wildman–Crippen MR) is 73.7 cm³/mol. The van der Waals surface area contributed by atoms with Crippen molar-refractivity contribution in [1.82, 2.24) is 4.98 Å². The van der Waals surface area contributed by atoms with Crippen molar-refractivity contribution in [2.45, 2.75) is 25.2 Å². The van der Waals surface area contributed by atoms with Gasteiger partial charge in [-0.25, -0.2) is 4.39 Å². The van der Waals surface area contributed by atoms with Crippen LogP contribution in [-0.2, 0) is 16.0 Å². The maximum atomic E-state index is 13.5. The maximum absolute atomic E-state index is 13.5. The summed E-state index contributed by atoms with van der Waals surface area (Å²) in [6, 6.07) is 3.00. The Morgan fingerprint density at radius 2 is 2.37 bits per heavy atom. The fourth-order valence-corrected chi connectivity index (χ4v) is 3.39. The Balaban J connectivity index is 2.07. The molecule has 1 heterocycles. The highest BCUT2D eigenvalue weighted by atomic mass is 79.9. The zero-order chi connectivity index (χ0) is 13.6. The van der Waals surface area contributed by atoms with Crippen LogP contribution in [0.25, 0.3) is 10.9 Å². The summed E-state index contributed by atoms with van der Waals surface area (Å²) in [4.78, 5) is 14.7. The van der Waals surface area contributed by atoms with E-state index in [-0.39, 0.29) is 17.7 Å². The van der Waals surface area contributed by atoms with Gasteiger partial charge in [-0.15, -0.1) is 0 Å². The van der Waals surface area contributed by atoms with E-state index in [1.54, 1.807) is 6.07 Å². The molecule has 1 aromatic heterocycles. The summed E-state index contributed by atoms with van der Waals surface area (Å²) in [5.41, 5.74) is 3.08. The Morgan fingerprint density at radius 3 is 3.11 bits per heavy atom. The normalized spacial score (nSPS) is 17.7. The van der Waals surface area contributed by atoms with Gasteiger partial charge in [0.1, 0.15) is 5.82 Å². The number of halogens is 2. The SMILES string of the molecule is COC(=O)C[C@H]1CCc2c1[nH]c1c(Br)cc(F)cc21. The second-order valence-electron chi connectivity index (χ2n) is 4.84. The first-order chi connectivity index (χ1) is 9.10. The Hall–Kier alpha value is -1.36. The molecule has 1 aromatic carbocycles. The summed E-state index contributed by atoms with van der Waals surface area (Å²) >= 11 is 3.37. The summed E-state index contributed by atoms with van der Waals surface area (Å²) in [7, 11) is 1.40. The molecule has 2 aromatic rings. The van der Waals surface area contributed by atoms with Crippen molar-refractivity contribution in [3.63, 3.8) is 0 Å². The van der Waals surface area contributed by atoms with Crippen LogP contribution in [0.2, 0.25) is 0 Å². The van der Waals surface area contributed by atoms with Crippen molar-refractivity contribution in [2.75, 3.05) is 7.11 Å². The molecule has 0 radical (unpaired) electrons. The first kappa shape index (κ1) is 12.7. The lowest BCUT2D eigenvalue weighted by atomic mass is 10.0. The molecule has 0 amide bonds. The van der Waals surface area contributed by atoms with Gasteiger partial charge in [0.05, 0.1) is 19.0 Å². The molecule has 0 spiro atoms. The van der Waals surface area contributed by atoms with Crippen LogP contribution in [0.5, 0.6) is 0 Å². The molecule has 0 aliphatic heterocycles. The first-order valence-electron chi connectivity index (χ1n) is 6.16. The van der Waals surface area contributed by atoms with Crippen LogP contribution in [0, 0.1) is 5.82 Å². The number of fused-ring (bicyclic) bond motifs is 3. The quantitative estimate of drug-likeness (QED) is 0.856. The van der Waals surface area contributed by atoms with E-state index in [9.17, 15) is 9.18 Å². The third-order valence-corrected chi connectivity index (χ3v) is 4.38. The minimum Gasteiger partial charge on any atom is -0.469 e. The molecule has 0 saturated carbocycles. The highest BCUT2D eigenvalue weighted by Gasteiger charge is 2.29. The van der Waals surface area contributed by atoms with Gasteiger partial charge in [0.2, 0.25) is 0 Å². The van der Waals surface area contributed by atoms with Crippen molar-refractivity contribution >= 4 is 32.8 Å². The van der Waals surface area contributed by atoms with Gasteiger partial charge >= 0.3 is 5.97 Å². The Kier molecular flexibility index (Phi) is 3.09. The lowest BCUT2D eigenvalue weighted by molar-refractivity contribution is -0.141. The van der Waals surface area contributed by atoms with Gasteiger partial charge in [-0.2, -0.15) is 0 Å². The molecular formula is C14H13BrFNO2. The molecule has 1 aliphatic rings. The van der Waals surface area contributed by atoms with Crippen LogP contribution in [0.15, 0.2) is 16.6 Å². The second kappa shape index (κ2) is 4.63. The molecule has 0 fully saturated rings. The summed E-state index contributed by atoms with van der Waals surface area (Å²) < 4.78 is 18.9. The lowest BCUT2D eigenvalue weighted by Crippen LogP contribution is -2.06. The van der Waals surface area contributed by atoms with Gasteiger partial charge in [0, 0.05) is 21.5 Å². The van der Waals surface area contributed by atoms with E-state index in [0.29, 0.717) is 10.9 Å². The van der Waals surface area contributed by atoms with Crippen LogP contribution in [0.1, 0.15) is 30.0 Å². The van der Waals surface area contributed by atoms with Crippen LogP contribution in [0.4, 0.5) is 4.39 Å². The van der Waals surface area contributed by atoms with Crippen molar-refractivity contribution in [3.8, 4) is 0 Å². The summed E-state index contributed by atoms with van der Waals surface area (Å²) in [6.45, 7) is 0. The first-order valence-corrected chi connectivity index (χ1v) is 6.95. The van der Waals surface area contributed by atoms with E-state index in [1.807, 2.05) is 0 Å². The molecule has 100 valence electrons. The number of aryl methyl sites for hydroxylation is 1. The Labute approximate surface area is 118 Å². The minimum atomic E-state index is -0.252. The van der Waals surface area contributed by atoms with Crippen molar-refractivity contribution in [3.05, 3.63) is 33.7 Å². The van der Waals surface area contributed by atoms with Crippen molar-refractivity contribution in [2.24, 2.45) is 0 Å². The standard InChI is InChI=1S/C14H13BrFNO2/c1-19-12(18)4-7-2-3-9-10-5-8(16)6-11(15)14(10)17-13(7)9/h5-7,17H,2-4H2,1H3/t7-/m1/s1. The van der Waals surface area contributed by atoms with E-state index < -0.39 is 0 Å². The minimum absolute atomic E-state index is 0.143. The number of rotatable bonds is 2. The number of aromatic nitrogens is 1. The number of hydrogen-bond donors (Lipinski definition) is 1. The number of H-pyrrole nitrogens is 1. The maximum Gasteiger partial charge on any atom is 0.306 e. The van der Waals surface area contributed by atoms with Gasteiger partial charge in [0.25, 0.3) is 0 Å². The predicted octanol–water partition coefficient (Wildman–Crippen LogP) is 3.66. The zero-order valence-electron chi connectivity index (χ0n) is 10.4. The van der Waals surface area contributed by atoms with Crippen LogP contribution in [0.3, 0.4) is 0 Å². The van der Waals surface area contributed by atoms with Crippen LogP contribution < -0.4 is 0 Å². The molecule has 0 bridgehead atoms. The lowest BCUT2D eigenvalue weighted by Gasteiger charge is -2.07. The molecule has 3 nitrogen and oxygen atoms in total. The second-order valence-corrected chi connectivity index (χ2v) is 5.70. The average molecular weight is 326 g/mol. The van der Waals surface area contributed by atoms with Crippen molar-refractivity contribution in [1.29, 1.82) is 0 Å². The summed E-state index contributed by atoms with van der Waals surface area (Å²) in [6.07, 6.45) is 2.14. The van der Waals surface area contributed by atoms with Crippen LogP contribution >= 0.6 is 15.9 Å². The highest BCUT2D eigenvalue weighted by Crippen LogP contribution is 2.41. The topological polar surface area (TPSA) is 42.1 Å². The third kappa shape index (κ3) is 2.06. The number of hydrogen-bond acceptors (Lipinski definition) is 2. The molecule has 1 aliphatic carbocycles. The van der Waals surface area contributed by atoms with E-state index >= 15 is 0 Å². The largest absolute Gasteiger partial charge is 0.469 e. The summed E-state index contributed by atoms with van der Waals surface area (Å²) in [5, 5.41) is 0.911. The molecular weight excluding hydrogens is 313 g/mol. The fourth-order valence-electron chi connectivity index (χ4n) is 2.86. The monoisotopic (exact) mass is 325 g/mol. The summed E-state index contributed by atoms with van der Waals surface area (Å²) in [5.74, 6) is -0.316. The Bertz CT molecular complexity index is 665. The molecule has 1 atom stereocenters. The molecule has 3 rings (SSSR count). The number of aromatic amines is 1. The molecule has 19 heavy (non-hydrogen) atoms. The van der Waals surface area contributed by atoms with Gasteiger partial charge in [-0.05, 0) is 46.5 Å². The number of esters is 1. The highest BCUT2D eigenvalue weighted by molar-refractivity contribution is 9.10. The molecule has 0 unspecified atom stereocenters.